The van der Waals surface area contributed by atoms with Crippen molar-refractivity contribution in [3.63, 3.8) is 0 Å². The second-order valence-electron chi connectivity index (χ2n) is 8.14. The van der Waals surface area contributed by atoms with Gasteiger partial charge in [0.2, 0.25) is 0 Å². The lowest BCUT2D eigenvalue weighted by atomic mass is 10.1. The highest BCUT2D eigenvalue weighted by Gasteiger charge is 2.24. The molecule has 1 aliphatic rings. The fourth-order valence-corrected chi connectivity index (χ4v) is 4.04. The summed E-state index contributed by atoms with van der Waals surface area (Å²) >= 11 is 5.98. The number of carbonyl (C=O) groups is 2. The minimum atomic E-state index is -0.372. The summed E-state index contributed by atoms with van der Waals surface area (Å²) < 4.78 is 0. The number of amides is 3. The van der Waals surface area contributed by atoms with Gasteiger partial charge in [-0.05, 0) is 73.2 Å². The number of aryl methyl sites for hydroxylation is 1. The van der Waals surface area contributed by atoms with E-state index in [1.54, 1.807) is 24.3 Å². The number of aromatic amines is 1. The van der Waals surface area contributed by atoms with E-state index in [4.69, 9.17) is 11.6 Å². The van der Waals surface area contributed by atoms with Crippen LogP contribution in [-0.2, 0) is 4.79 Å². The first-order chi connectivity index (χ1) is 16.9. The molecule has 0 saturated heterocycles. The van der Waals surface area contributed by atoms with Crippen LogP contribution in [0.5, 0.6) is 0 Å². The number of H-pyrrole nitrogens is 1. The molecule has 0 fully saturated rings. The van der Waals surface area contributed by atoms with Crippen LogP contribution >= 0.6 is 11.6 Å². The third-order valence-corrected chi connectivity index (χ3v) is 5.82. The topological polar surface area (TPSA) is 98.0 Å². The van der Waals surface area contributed by atoms with E-state index < -0.39 is 0 Å². The summed E-state index contributed by atoms with van der Waals surface area (Å²) in [6, 6.07) is 21.7. The maximum Gasteiger partial charge on any atom is 0.323 e. The van der Waals surface area contributed by atoms with Crippen molar-refractivity contribution >= 4 is 63.6 Å². The summed E-state index contributed by atoms with van der Waals surface area (Å²) in [7, 11) is 0. The molecule has 35 heavy (non-hydrogen) atoms. The summed E-state index contributed by atoms with van der Waals surface area (Å²) in [4.78, 5) is 28.0. The van der Waals surface area contributed by atoms with Gasteiger partial charge in [0.25, 0.3) is 5.91 Å². The summed E-state index contributed by atoms with van der Waals surface area (Å²) in [5.41, 5.74) is 6.94. The number of hydrogen-bond donors (Lipinski definition) is 5. The van der Waals surface area contributed by atoms with Crippen molar-refractivity contribution in [2.75, 3.05) is 21.3 Å². The lowest BCUT2D eigenvalue weighted by Crippen LogP contribution is -2.19. The zero-order chi connectivity index (χ0) is 24.4. The number of carbonyl (C=O) groups excluding carboxylic acids is 2. The van der Waals surface area contributed by atoms with Gasteiger partial charge in [-0.3, -0.25) is 4.79 Å². The quantitative estimate of drug-likeness (QED) is 0.201. The molecule has 1 aromatic heterocycles. The summed E-state index contributed by atoms with van der Waals surface area (Å²) in [6.45, 7) is 1.98. The molecule has 5 rings (SSSR count). The van der Waals surface area contributed by atoms with E-state index in [-0.39, 0.29) is 11.9 Å². The zero-order valence-electron chi connectivity index (χ0n) is 18.8. The number of nitrogens with one attached hydrogen (secondary N) is 5. The van der Waals surface area contributed by atoms with Gasteiger partial charge >= 0.3 is 6.03 Å². The minimum absolute atomic E-state index is 0.139. The number of anilines is 5. The average molecular weight is 484 g/mol. The molecule has 0 atom stereocenters. The Hall–Kier alpha value is -4.49. The molecule has 8 heteroatoms. The van der Waals surface area contributed by atoms with Gasteiger partial charge in [-0.1, -0.05) is 29.8 Å². The van der Waals surface area contributed by atoms with Gasteiger partial charge in [-0.15, -0.1) is 0 Å². The fourth-order valence-electron chi connectivity index (χ4n) is 3.85. The summed E-state index contributed by atoms with van der Waals surface area (Å²) in [6.07, 6.45) is 3.65. The first kappa shape index (κ1) is 22.3. The molecule has 0 bridgehead atoms. The molecule has 0 radical (unpaired) electrons. The van der Waals surface area contributed by atoms with E-state index in [1.807, 2.05) is 67.7 Å². The second kappa shape index (κ2) is 9.40. The SMILES string of the molecule is Cc1ccc(NC(=O)Nc2cccc(Cl)c2)cc1Nc1ccc2c(c1)NC(=O)/C2=C\c1ccc[nH]1. The number of hydrogen-bond acceptors (Lipinski definition) is 3. The first-order valence-electron chi connectivity index (χ1n) is 11.0. The van der Waals surface area contributed by atoms with Gasteiger partial charge in [0, 0.05) is 45.2 Å². The van der Waals surface area contributed by atoms with Gasteiger partial charge in [0.15, 0.2) is 0 Å². The molecule has 5 N–H and O–H groups in total. The van der Waals surface area contributed by atoms with E-state index in [1.165, 1.54) is 0 Å². The highest BCUT2D eigenvalue weighted by Crippen LogP contribution is 2.36. The molecule has 2 heterocycles. The lowest BCUT2D eigenvalue weighted by Gasteiger charge is -2.14. The summed E-state index contributed by atoms with van der Waals surface area (Å²) in [5, 5.41) is 12.5. The Labute approximate surface area is 207 Å². The normalized spacial score (nSPS) is 13.3. The Kier molecular flexibility index (Phi) is 5.99. The molecule has 0 spiro atoms. The van der Waals surface area contributed by atoms with E-state index in [2.05, 4.69) is 26.3 Å². The molecule has 1 aliphatic heterocycles. The Morgan fingerprint density at radius 1 is 0.914 bits per heavy atom. The smallest absolute Gasteiger partial charge is 0.323 e. The molecular weight excluding hydrogens is 462 g/mol. The van der Waals surface area contributed by atoms with Crippen LogP contribution in [-0.4, -0.2) is 16.9 Å². The second-order valence-corrected chi connectivity index (χ2v) is 8.58. The standard InChI is InChI=1S/C27H22ClN5O2/c1-16-7-8-21(32-27(35)31-19-5-2-4-17(28)12-19)14-24(16)30-20-9-10-22-23(13-18-6-3-11-29-18)26(34)33-25(22)15-20/h2-15,29-30H,1H3,(H,33,34)(H2,31,32,35)/b23-13-. The van der Waals surface area contributed by atoms with Crippen LogP contribution in [0, 0.1) is 6.92 Å². The van der Waals surface area contributed by atoms with Gasteiger partial charge in [0.1, 0.15) is 0 Å². The highest BCUT2D eigenvalue weighted by molar-refractivity contribution is 6.35. The van der Waals surface area contributed by atoms with Crippen LogP contribution in [0.3, 0.4) is 0 Å². The summed E-state index contributed by atoms with van der Waals surface area (Å²) in [5.74, 6) is -0.139. The molecule has 0 unspecified atom stereocenters. The first-order valence-corrected chi connectivity index (χ1v) is 11.3. The molecular formula is C27H22ClN5O2. The zero-order valence-corrected chi connectivity index (χ0v) is 19.5. The van der Waals surface area contributed by atoms with Crippen LogP contribution in [0.1, 0.15) is 16.8 Å². The van der Waals surface area contributed by atoms with Crippen molar-refractivity contribution in [1.82, 2.24) is 4.98 Å². The van der Waals surface area contributed by atoms with Crippen LogP contribution in [0.25, 0.3) is 11.6 Å². The van der Waals surface area contributed by atoms with E-state index in [0.717, 1.165) is 33.9 Å². The largest absolute Gasteiger partial charge is 0.362 e. The molecule has 3 aromatic carbocycles. The van der Waals surface area contributed by atoms with Crippen LogP contribution in [0.4, 0.5) is 33.2 Å². The van der Waals surface area contributed by atoms with Crippen molar-refractivity contribution in [1.29, 1.82) is 0 Å². The van der Waals surface area contributed by atoms with Gasteiger partial charge in [-0.25, -0.2) is 4.79 Å². The molecule has 0 aliphatic carbocycles. The van der Waals surface area contributed by atoms with Crippen molar-refractivity contribution in [3.05, 3.63) is 101 Å². The van der Waals surface area contributed by atoms with Crippen molar-refractivity contribution in [2.45, 2.75) is 6.92 Å². The monoisotopic (exact) mass is 483 g/mol. The van der Waals surface area contributed by atoms with Crippen molar-refractivity contribution in [3.8, 4) is 0 Å². The van der Waals surface area contributed by atoms with Crippen molar-refractivity contribution in [2.24, 2.45) is 0 Å². The Morgan fingerprint density at radius 3 is 2.49 bits per heavy atom. The van der Waals surface area contributed by atoms with Gasteiger partial charge < -0.3 is 26.3 Å². The highest BCUT2D eigenvalue weighted by atomic mass is 35.5. The molecule has 4 aromatic rings. The minimum Gasteiger partial charge on any atom is -0.362 e. The predicted octanol–water partition coefficient (Wildman–Crippen LogP) is 6.86. The number of fused-ring (bicyclic) bond motifs is 1. The Bertz CT molecular complexity index is 1460. The predicted molar refractivity (Wildman–Crippen MR) is 142 cm³/mol. The van der Waals surface area contributed by atoms with E-state index in [0.29, 0.717) is 22.0 Å². The molecule has 7 nitrogen and oxygen atoms in total. The number of aromatic nitrogens is 1. The number of halogens is 1. The average Bonchev–Trinajstić information content (AvgIpc) is 3.44. The maximum absolute atomic E-state index is 12.5. The number of rotatable bonds is 5. The molecule has 174 valence electrons. The molecule has 3 amide bonds. The fraction of sp³-hybridized carbons (Fsp3) is 0.0370. The third kappa shape index (κ3) is 5.05. The number of benzene rings is 3. The third-order valence-electron chi connectivity index (χ3n) is 5.58. The van der Waals surface area contributed by atoms with Crippen LogP contribution in [0.15, 0.2) is 79.0 Å². The van der Waals surface area contributed by atoms with Crippen LogP contribution in [0.2, 0.25) is 5.02 Å². The van der Waals surface area contributed by atoms with E-state index in [9.17, 15) is 9.59 Å². The lowest BCUT2D eigenvalue weighted by molar-refractivity contribution is -0.110. The van der Waals surface area contributed by atoms with Crippen molar-refractivity contribution < 1.29 is 9.59 Å². The Balaban J connectivity index is 1.32. The van der Waals surface area contributed by atoms with Crippen LogP contribution < -0.4 is 21.3 Å². The van der Waals surface area contributed by atoms with Gasteiger partial charge in [0.05, 0.1) is 11.3 Å². The van der Waals surface area contributed by atoms with E-state index >= 15 is 0 Å². The van der Waals surface area contributed by atoms with Gasteiger partial charge in [-0.2, -0.15) is 0 Å². The Morgan fingerprint density at radius 2 is 1.71 bits per heavy atom. The number of urea groups is 1. The molecule has 0 saturated carbocycles. The maximum atomic E-state index is 12.5.